The summed E-state index contributed by atoms with van der Waals surface area (Å²) >= 11 is 0. The van der Waals surface area contributed by atoms with E-state index in [0.29, 0.717) is 6.42 Å². The molecule has 3 atom stereocenters. The quantitative estimate of drug-likeness (QED) is 0.0364. The van der Waals surface area contributed by atoms with Gasteiger partial charge in [0.1, 0.15) is 6.10 Å². The molecule has 5 heteroatoms. The molecule has 0 fully saturated rings. The zero-order valence-corrected chi connectivity index (χ0v) is 39.5. The second-order valence-corrected chi connectivity index (χ2v) is 18.5. The van der Waals surface area contributed by atoms with Gasteiger partial charge in [-0.15, -0.1) is 0 Å². The Bertz CT molecular complexity index is 818. The van der Waals surface area contributed by atoms with Gasteiger partial charge >= 0.3 is 0 Å². The molecule has 0 radical (unpaired) electrons. The van der Waals surface area contributed by atoms with Gasteiger partial charge in [0.15, 0.2) is 0 Å². The third-order valence-electron chi connectivity index (χ3n) is 12.6. The molecule has 0 aromatic rings. The maximum absolute atomic E-state index is 12.5. The van der Waals surface area contributed by atoms with Gasteiger partial charge in [0.2, 0.25) is 5.91 Å². The lowest BCUT2D eigenvalue weighted by molar-refractivity contribution is -0.131. The Balaban J connectivity index is 3.49. The number of amides is 1. The Labute approximate surface area is 363 Å². The van der Waals surface area contributed by atoms with Crippen LogP contribution in [0.5, 0.6) is 0 Å². The van der Waals surface area contributed by atoms with Crippen LogP contribution in [0.15, 0.2) is 12.2 Å². The summed E-state index contributed by atoms with van der Waals surface area (Å²) in [6.07, 6.45) is 60.0. The summed E-state index contributed by atoms with van der Waals surface area (Å²) in [4.78, 5) is 12.5. The second kappa shape index (κ2) is 48.8. The van der Waals surface area contributed by atoms with Gasteiger partial charge in [0.05, 0.1) is 18.8 Å². The SMILES string of the molecule is CCCCCCCCCCCCCC/C=C/C(O)C(CO)NC(=O)C(O)CCCCCCCCCCCCCCCCCCCCCCCCCCCCCCCC. The van der Waals surface area contributed by atoms with Gasteiger partial charge in [-0.3, -0.25) is 4.79 Å². The molecule has 58 heavy (non-hydrogen) atoms. The molecule has 0 heterocycles. The number of aliphatic hydroxyl groups is 3. The van der Waals surface area contributed by atoms with Crippen molar-refractivity contribution < 1.29 is 20.1 Å². The van der Waals surface area contributed by atoms with Gasteiger partial charge in [-0.2, -0.15) is 0 Å². The van der Waals surface area contributed by atoms with Crippen molar-refractivity contribution in [2.24, 2.45) is 0 Å². The number of unbranched alkanes of at least 4 members (excludes halogenated alkanes) is 41. The average Bonchev–Trinajstić information content (AvgIpc) is 3.23. The Kier molecular flexibility index (Phi) is 48.0. The minimum absolute atomic E-state index is 0.359. The molecule has 0 rings (SSSR count). The van der Waals surface area contributed by atoms with Crippen LogP contribution >= 0.6 is 0 Å². The first-order valence-electron chi connectivity index (χ1n) is 26.5. The largest absolute Gasteiger partial charge is 0.394 e. The maximum Gasteiger partial charge on any atom is 0.249 e. The van der Waals surface area contributed by atoms with Crippen LogP contribution in [0.3, 0.4) is 0 Å². The molecule has 1 amide bonds. The molecule has 0 saturated heterocycles. The van der Waals surface area contributed by atoms with Gasteiger partial charge in [0.25, 0.3) is 0 Å². The van der Waals surface area contributed by atoms with E-state index >= 15 is 0 Å². The van der Waals surface area contributed by atoms with E-state index in [1.807, 2.05) is 6.08 Å². The van der Waals surface area contributed by atoms with E-state index in [4.69, 9.17) is 0 Å². The predicted octanol–water partition coefficient (Wildman–Crippen LogP) is 15.9. The number of carbonyl (C=O) groups excluding carboxylic acids is 1. The summed E-state index contributed by atoms with van der Waals surface area (Å²) in [5.41, 5.74) is 0. The summed E-state index contributed by atoms with van der Waals surface area (Å²) in [7, 11) is 0. The Morgan fingerprint density at radius 1 is 0.414 bits per heavy atom. The van der Waals surface area contributed by atoms with E-state index in [2.05, 4.69) is 19.2 Å². The molecule has 0 aromatic carbocycles. The molecule has 0 aliphatic heterocycles. The third kappa shape index (κ3) is 43.2. The van der Waals surface area contributed by atoms with E-state index in [-0.39, 0.29) is 6.61 Å². The van der Waals surface area contributed by atoms with Crippen LogP contribution in [-0.4, -0.2) is 46.1 Å². The molecule has 0 bridgehead atoms. The fourth-order valence-corrected chi connectivity index (χ4v) is 8.48. The van der Waals surface area contributed by atoms with E-state index in [1.54, 1.807) is 6.08 Å². The van der Waals surface area contributed by atoms with Gasteiger partial charge in [-0.05, 0) is 19.3 Å². The van der Waals surface area contributed by atoms with Crippen LogP contribution < -0.4 is 5.32 Å². The zero-order chi connectivity index (χ0) is 42.3. The summed E-state index contributed by atoms with van der Waals surface area (Å²) < 4.78 is 0. The van der Waals surface area contributed by atoms with Crippen molar-refractivity contribution in [2.45, 2.75) is 315 Å². The molecule has 346 valence electrons. The van der Waals surface area contributed by atoms with Crippen LogP contribution in [-0.2, 0) is 4.79 Å². The van der Waals surface area contributed by atoms with Gasteiger partial charge in [0, 0.05) is 0 Å². The lowest BCUT2D eigenvalue weighted by atomic mass is 10.0. The van der Waals surface area contributed by atoms with Crippen LogP contribution in [0.4, 0.5) is 0 Å². The van der Waals surface area contributed by atoms with Crippen molar-refractivity contribution in [1.29, 1.82) is 0 Å². The van der Waals surface area contributed by atoms with Crippen LogP contribution in [0.25, 0.3) is 0 Å². The van der Waals surface area contributed by atoms with E-state index < -0.39 is 24.2 Å². The highest BCUT2D eigenvalue weighted by molar-refractivity contribution is 5.80. The van der Waals surface area contributed by atoms with Gasteiger partial charge < -0.3 is 20.6 Å². The fourth-order valence-electron chi connectivity index (χ4n) is 8.48. The zero-order valence-electron chi connectivity index (χ0n) is 39.5. The monoisotopic (exact) mass is 820 g/mol. The highest BCUT2D eigenvalue weighted by Gasteiger charge is 2.22. The first kappa shape index (κ1) is 57.1. The lowest BCUT2D eigenvalue weighted by Gasteiger charge is -2.21. The smallest absolute Gasteiger partial charge is 0.249 e. The average molecular weight is 820 g/mol. The number of carbonyl (C=O) groups is 1. The number of hydrogen-bond acceptors (Lipinski definition) is 4. The van der Waals surface area contributed by atoms with Crippen molar-refractivity contribution in [2.75, 3.05) is 6.61 Å². The summed E-state index contributed by atoms with van der Waals surface area (Å²) in [6.45, 7) is 4.21. The van der Waals surface area contributed by atoms with Crippen LogP contribution in [0.1, 0.15) is 296 Å². The van der Waals surface area contributed by atoms with E-state index in [0.717, 1.165) is 32.1 Å². The minimum atomic E-state index is -1.09. The molecule has 0 aliphatic rings. The number of nitrogens with one attached hydrogen (secondary N) is 1. The highest BCUT2D eigenvalue weighted by atomic mass is 16.3. The van der Waals surface area contributed by atoms with Crippen molar-refractivity contribution in [3.8, 4) is 0 Å². The molecule has 5 nitrogen and oxygen atoms in total. The number of allylic oxidation sites excluding steroid dienone is 1. The first-order chi connectivity index (χ1) is 28.6. The van der Waals surface area contributed by atoms with Gasteiger partial charge in [-0.1, -0.05) is 289 Å². The molecule has 0 aromatic heterocycles. The number of aliphatic hydroxyl groups excluding tert-OH is 3. The van der Waals surface area contributed by atoms with E-state index in [1.165, 1.54) is 244 Å². The van der Waals surface area contributed by atoms with Crippen molar-refractivity contribution in [3.05, 3.63) is 12.2 Å². The molecule has 0 spiro atoms. The number of rotatable bonds is 49. The Morgan fingerprint density at radius 2 is 0.672 bits per heavy atom. The summed E-state index contributed by atoms with van der Waals surface area (Å²) in [5.74, 6) is -0.497. The van der Waals surface area contributed by atoms with Gasteiger partial charge in [-0.25, -0.2) is 0 Å². The third-order valence-corrected chi connectivity index (χ3v) is 12.6. The lowest BCUT2D eigenvalue weighted by Crippen LogP contribution is -2.48. The first-order valence-corrected chi connectivity index (χ1v) is 26.5. The second-order valence-electron chi connectivity index (χ2n) is 18.5. The van der Waals surface area contributed by atoms with Crippen molar-refractivity contribution in [1.82, 2.24) is 5.32 Å². The van der Waals surface area contributed by atoms with Crippen LogP contribution in [0.2, 0.25) is 0 Å². The normalized spacial score (nSPS) is 13.4. The molecule has 3 unspecified atom stereocenters. The van der Waals surface area contributed by atoms with E-state index in [9.17, 15) is 20.1 Å². The summed E-state index contributed by atoms with van der Waals surface area (Å²) in [5, 5.41) is 33.2. The number of hydrogen-bond donors (Lipinski definition) is 4. The molecule has 4 N–H and O–H groups in total. The highest BCUT2D eigenvalue weighted by Crippen LogP contribution is 2.18. The molecule has 0 aliphatic carbocycles. The Morgan fingerprint density at radius 3 is 0.948 bits per heavy atom. The molecule has 0 saturated carbocycles. The topological polar surface area (TPSA) is 89.8 Å². The molecular formula is C53H105NO4. The summed E-state index contributed by atoms with van der Waals surface area (Å²) in [6, 6.07) is -0.793. The predicted molar refractivity (Wildman–Crippen MR) is 255 cm³/mol. The Hall–Kier alpha value is -0.910. The van der Waals surface area contributed by atoms with Crippen LogP contribution in [0, 0.1) is 0 Å². The maximum atomic E-state index is 12.5. The van der Waals surface area contributed by atoms with Crippen molar-refractivity contribution in [3.63, 3.8) is 0 Å². The minimum Gasteiger partial charge on any atom is -0.394 e. The standard InChI is InChI=1S/C53H105NO4/c1-3-5-7-9-11-13-15-17-19-20-21-22-23-24-25-26-27-28-29-30-31-32-33-34-36-38-40-42-44-46-48-52(57)53(58)54-50(49-55)51(56)47-45-43-41-39-37-35-18-16-14-12-10-8-6-4-2/h45,47,50-52,55-57H,3-44,46,48-49H2,1-2H3,(H,54,58)/b47-45+. The van der Waals surface area contributed by atoms with Crippen molar-refractivity contribution >= 4 is 5.91 Å². The molecular weight excluding hydrogens is 715 g/mol. The fraction of sp³-hybridized carbons (Fsp3) is 0.943.